The molecule has 10 heavy (non-hydrogen) atoms. The van der Waals surface area contributed by atoms with Crippen molar-refractivity contribution in [3.8, 4) is 0 Å². The van der Waals surface area contributed by atoms with Gasteiger partial charge in [-0.2, -0.15) is 0 Å². The monoisotopic (exact) mass is 140 g/mol. The molecule has 0 saturated heterocycles. The van der Waals surface area contributed by atoms with E-state index in [1.54, 1.807) is 0 Å². The van der Waals surface area contributed by atoms with Crippen molar-refractivity contribution in [2.45, 2.75) is 0 Å². The van der Waals surface area contributed by atoms with Crippen LogP contribution in [0.3, 0.4) is 0 Å². The standard InChI is InChI=1S/C3H4O2.C2H6O2.Li/c1-2-3(4)5;3-1-2-4;/h2H,1H2,(H,4,5);3-4H,1-2H2;/q;;+1/p-1. The normalized spacial score (nSPS) is 6.20. The minimum absolute atomic E-state index is 0. The molecule has 0 heterocycles. The van der Waals surface area contributed by atoms with Gasteiger partial charge in [0, 0.05) is 0 Å². The summed E-state index contributed by atoms with van der Waals surface area (Å²) >= 11 is 0. The largest absolute Gasteiger partial charge is 1.00 e. The van der Waals surface area contributed by atoms with Crippen LogP contribution in [-0.2, 0) is 4.79 Å². The summed E-state index contributed by atoms with van der Waals surface area (Å²) in [6, 6.07) is 0. The van der Waals surface area contributed by atoms with Crippen LogP contribution in [0.4, 0.5) is 0 Å². The molecule has 0 bridgehead atoms. The van der Waals surface area contributed by atoms with Crippen molar-refractivity contribution in [3.05, 3.63) is 12.7 Å². The van der Waals surface area contributed by atoms with Gasteiger partial charge in [0.15, 0.2) is 0 Å². The average molecular weight is 140 g/mol. The number of aliphatic hydroxyl groups is 2. The minimum Gasteiger partial charge on any atom is -0.545 e. The quantitative estimate of drug-likeness (QED) is 0.297. The Hall–Kier alpha value is -0.273. The van der Waals surface area contributed by atoms with E-state index in [0.29, 0.717) is 0 Å². The van der Waals surface area contributed by atoms with Gasteiger partial charge in [0.2, 0.25) is 0 Å². The molecule has 0 fully saturated rings. The number of carbonyl (C=O) groups is 1. The predicted molar refractivity (Wildman–Crippen MR) is 29.4 cm³/mol. The molecule has 0 saturated carbocycles. The van der Waals surface area contributed by atoms with E-state index in [1.807, 2.05) is 0 Å². The molecule has 0 aliphatic heterocycles. The van der Waals surface area contributed by atoms with Crippen molar-refractivity contribution in [3.63, 3.8) is 0 Å². The number of carboxylic acids is 1. The first kappa shape index (κ1) is 16.4. The first-order valence-corrected chi connectivity index (χ1v) is 2.24. The number of carboxylic acid groups (broad SMARTS) is 1. The third kappa shape index (κ3) is 47.0. The zero-order chi connectivity index (χ0) is 7.70. The summed E-state index contributed by atoms with van der Waals surface area (Å²) in [5.41, 5.74) is 0. The molecule has 0 aromatic carbocycles. The van der Waals surface area contributed by atoms with Crippen molar-refractivity contribution >= 4 is 5.97 Å². The van der Waals surface area contributed by atoms with Gasteiger partial charge in [0.05, 0.1) is 19.2 Å². The van der Waals surface area contributed by atoms with Crippen LogP contribution in [0.15, 0.2) is 12.7 Å². The van der Waals surface area contributed by atoms with E-state index in [2.05, 4.69) is 6.58 Å². The molecule has 0 unspecified atom stereocenters. The molecule has 4 nitrogen and oxygen atoms in total. The molecule has 0 atom stereocenters. The fourth-order valence-electron chi connectivity index (χ4n) is 0. The molecule has 0 amide bonds. The van der Waals surface area contributed by atoms with Gasteiger partial charge in [0.25, 0.3) is 0 Å². The maximum Gasteiger partial charge on any atom is 1.00 e. The summed E-state index contributed by atoms with van der Waals surface area (Å²) < 4.78 is 0. The Bertz CT molecular complexity index is 81.7. The van der Waals surface area contributed by atoms with Gasteiger partial charge in [-0.05, 0) is 6.08 Å². The molecular weight excluding hydrogens is 131 g/mol. The van der Waals surface area contributed by atoms with E-state index in [-0.39, 0.29) is 32.1 Å². The predicted octanol–water partition coefficient (Wildman–Crippen LogP) is -5.10. The minimum atomic E-state index is -1.23. The van der Waals surface area contributed by atoms with Crippen LogP contribution in [0.5, 0.6) is 0 Å². The summed E-state index contributed by atoms with van der Waals surface area (Å²) in [5, 5.41) is 24.4. The van der Waals surface area contributed by atoms with Crippen LogP contribution < -0.4 is 24.0 Å². The van der Waals surface area contributed by atoms with Crippen LogP contribution in [0.2, 0.25) is 0 Å². The zero-order valence-corrected chi connectivity index (χ0v) is 5.91. The second kappa shape index (κ2) is 15.9. The Labute approximate surface area is 71.4 Å². The fraction of sp³-hybridized carbons (Fsp3) is 0.400. The number of hydrogen-bond acceptors (Lipinski definition) is 4. The number of rotatable bonds is 2. The molecule has 54 valence electrons. The van der Waals surface area contributed by atoms with Gasteiger partial charge >= 0.3 is 18.9 Å². The van der Waals surface area contributed by atoms with Crippen molar-refractivity contribution in [1.82, 2.24) is 0 Å². The van der Waals surface area contributed by atoms with E-state index in [9.17, 15) is 0 Å². The summed E-state index contributed by atoms with van der Waals surface area (Å²) in [6.45, 7) is 2.65. The smallest absolute Gasteiger partial charge is 0.545 e. The molecule has 5 heteroatoms. The van der Waals surface area contributed by atoms with Gasteiger partial charge in [-0.3, -0.25) is 0 Å². The fourth-order valence-corrected chi connectivity index (χ4v) is 0. The van der Waals surface area contributed by atoms with Crippen LogP contribution in [0.25, 0.3) is 0 Å². The van der Waals surface area contributed by atoms with Crippen LogP contribution in [0.1, 0.15) is 0 Å². The first-order valence-electron chi connectivity index (χ1n) is 2.24. The molecule has 0 spiro atoms. The maximum absolute atomic E-state index is 9.14. The Kier molecular flexibility index (Phi) is 26.0. The van der Waals surface area contributed by atoms with Gasteiger partial charge < -0.3 is 20.1 Å². The molecule has 0 aromatic heterocycles. The number of aliphatic hydroxyl groups excluding tert-OH is 2. The second-order valence-corrected chi connectivity index (χ2v) is 0.970. The second-order valence-electron chi connectivity index (χ2n) is 0.970. The molecule has 0 aromatic rings. The van der Waals surface area contributed by atoms with E-state index in [4.69, 9.17) is 20.1 Å². The SMILES string of the molecule is C=CC(=O)[O-].OCCO.[Li+]. The van der Waals surface area contributed by atoms with Gasteiger partial charge in [-0.25, -0.2) is 0 Å². The maximum atomic E-state index is 9.14. The van der Waals surface area contributed by atoms with Crippen molar-refractivity contribution in [1.29, 1.82) is 0 Å². The number of carbonyl (C=O) groups excluding carboxylic acids is 1. The average Bonchev–Trinajstić information content (AvgIpc) is 1.89. The Morgan fingerprint density at radius 2 is 1.70 bits per heavy atom. The molecule has 0 aliphatic rings. The first-order chi connectivity index (χ1) is 4.18. The van der Waals surface area contributed by atoms with E-state index >= 15 is 0 Å². The third-order valence-corrected chi connectivity index (χ3v) is 0.267. The van der Waals surface area contributed by atoms with Crippen LogP contribution >= 0.6 is 0 Å². The van der Waals surface area contributed by atoms with E-state index < -0.39 is 5.97 Å². The van der Waals surface area contributed by atoms with Crippen LogP contribution in [0, 0.1) is 0 Å². The van der Waals surface area contributed by atoms with E-state index in [1.165, 1.54) is 0 Å². The molecule has 0 aliphatic carbocycles. The van der Waals surface area contributed by atoms with Crippen molar-refractivity contribution < 1.29 is 39.0 Å². The molecule has 2 N–H and O–H groups in total. The number of hydrogen-bond donors (Lipinski definition) is 2. The van der Waals surface area contributed by atoms with Crippen LogP contribution in [-0.4, -0.2) is 29.4 Å². The van der Waals surface area contributed by atoms with Crippen molar-refractivity contribution in [2.75, 3.05) is 13.2 Å². The van der Waals surface area contributed by atoms with E-state index in [0.717, 1.165) is 6.08 Å². The Morgan fingerprint density at radius 3 is 1.70 bits per heavy atom. The summed E-state index contributed by atoms with van der Waals surface area (Å²) in [7, 11) is 0. The van der Waals surface area contributed by atoms with Gasteiger partial charge in [-0.1, -0.05) is 6.58 Å². The summed E-state index contributed by atoms with van der Waals surface area (Å²) in [5.74, 6) is -1.23. The summed E-state index contributed by atoms with van der Waals surface area (Å²) in [6.07, 6.45) is 0.722. The topological polar surface area (TPSA) is 80.6 Å². The summed E-state index contributed by atoms with van der Waals surface area (Å²) in [4.78, 5) is 9.14. The van der Waals surface area contributed by atoms with Gasteiger partial charge in [0.1, 0.15) is 0 Å². The molecular formula is C5H9LiO4. The zero-order valence-electron chi connectivity index (χ0n) is 5.91. The Morgan fingerprint density at radius 1 is 1.50 bits per heavy atom. The third-order valence-electron chi connectivity index (χ3n) is 0.267. The van der Waals surface area contributed by atoms with Crippen molar-refractivity contribution in [2.24, 2.45) is 0 Å². The Balaban J connectivity index is -0.0000000910. The number of aliphatic carboxylic acids is 1. The molecule has 0 rings (SSSR count). The molecule has 0 radical (unpaired) electrons. The van der Waals surface area contributed by atoms with Gasteiger partial charge in [-0.15, -0.1) is 0 Å².